The van der Waals surface area contributed by atoms with Gasteiger partial charge in [0.25, 0.3) is 0 Å². The van der Waals surface area contributed by atoms with E-state index >= 15 is 0 Å². The van der Waals surface area contributed by atoms with Gasteiger partial charge in [-0.15, -0.1) is 0 Å². The number of likely N-dealkylation sites (N-methyl/N-ethyl adjacent to an activating group) is 1. The van der Waals surface area contributed by atoms with Crippen LogP contribution in [0, 0.1) is 0 Å². The number of carbonyl (C=O) groups is 1. The number of aliphatic hydroxyl groups excluding tert-OH is 3. The van der Waals surface area contributed by atoms with Crippen molar-refractivity contribution in [2.24, 2.45) is 0 Å². The first kappa shape index (κ1) is 17.2. The quantitative estimate of drug-likeness (QED) is 0.535. The summed E-state index contributed by atoms with van der Waals surface area (Å²) < 4.78 is 5.81. The maximum Gasteiger partial charge on any atom is 0.335 e. The molecule has 8 nitrogen and oxygen atoms in total. The lowest BCUT2D eigenvalue weighted by Gasteiger charge is -2.49. The number of hydrogen-bond acceptors (Lipinski definition) is 6. The zero-order chi connectivity index (χ0) is 17.5. The number of aliphatic hydroxyl groups is 3. The van der Waals surface area contributed by atoms with Crippen molar-refractivity contribution >= 4 is 5.97 Å². The van der Waals surface area contributed by atoms with Crippen molar-refractivity contribution in [1.82, 2.24) is 4.98 Å². The Morgan fingerprint density at radius 3 is 2.67 bits per heavy atom. The first-order valence-electron chi connectivity index (χ1n) is 8.03. The summed E-state index contributed by atoms with van der Waals surface area (Å²) in [4.78, 5) is 15.5. The number of aliphatic carboxylic acids is 1. The normalized spacial score (nSPS) is 42.8. The molecule has 1 aromatic heterocycles. The Kier molecular flexibility index (Phi) is 4.58. The van der Waals surface area contributed by atoms with E-state index in [1.54, 1.807) is 12.4 Å². The molecule has 0 amide bonds. The smallest absolute Gasteiger partial charge is 0.335 e. The van der Waals surface area contributed by atoms with Crippen molar-refractivity contribution in [3.8, 4) is 0 Å². The van der Waals surface area contributed by atoms with Crippen molar-refractivity contribution in [2.45, 2.75) is 49.5 Å². The highest BCUT2D eigenvalue weighted by Crippen LogP contribution is 2.42. The van der Waals surface area contributed by atoms with E-state index in [-0.39, 0.29) is 10.5 Å². The van der Waals surface area contributed by atoms with Crippen molar-refractivity contribution in [2.75, 3.05) is 13.6 Å². The van der Waals surface area contributed by atoms with Gasteiger partial charge in [-0.2, -0.15) is 0 Å². The van der Waals surface area contributed by atoms with Gasteiger partial charge in [0.15, 0.2) is 12.2 Å². The van der Waals surface area contributed by atoms with Crippen molar-refractivity contribution in [1.29, 1.82) is 0 Å². The molecule has 8 heteroatoms. The second-order valence-electron chi connectivity index (χ2n) is 6.77. The van der Waals surface area contributed by atoms with Crippen molar-refractivity contribution < 1.29 is 34.4 Å². The first-order valence-corrected chi connectivity index (χ1v) is 8.03. The number of carboxylic acid groups (broad SMARTS) is 1. The summed E-state index contributed by atoms with van der Waals surface area (Å²) in [5.41, 5.74) is 0.973. The Morgan fingerprint density at radius 2 is 2.04 bits per heavy atom. The largest absolute Gasteiger partial charge is 0.479 e. The zero-order valence-electron chi connectivity index (χ0n) is 13.4. The maximum absolute atomic E-state index is 11.3. The summed E-state index contributed by atoms with van der Waals surface area (Å²) in [5.74, 6) is -1.36. The van der Waals surface area contributed by atoms with E-state index in [0.717, 1.165) is 18.4 Å². The fourth-order valence-corrected chi connectivity index (χ4v) is 4.01. The molecule has 2 aliphatic heterocycles. The standard InChI is InChI=1S/C16H22N2O6/c1-18(7-3-5-10(18)9-4-2-6-17-8-9)15-13(21)11(19)12(20)14(24-15)16(22)23/h2,4,6,8,10-15,19-21H,3,5,7H2,1H3/p+1. The number of pyridine rings is 1. The number of quaternary nitrogens is 1. The molecule has 3 heterocycles. The summed E-state index contributed by atoms with van der Waals surface area (Å²) in [5, 5.41) is 39.7. The fourth-order valence-electron chi connectivity index (χ4n) is 4.01. The minimum absolute atomic E-state index is 0.0322. The lowest BCUT2D eigenvalue weighted by atomic mass is 9.95. The molecule has 3 rings (SSSR count). The Morgan fingerprint density at radius 1 is 1.29 bits per heavy atom. The highest BCUT2D eigenvalue weighted by Gasteiger charge is 2.57. The van der Waals surface area contributed by atoms with Crippen LogP contribution in [0.4, 0.5) is 0 Å². The topological polar surface area (TPSA) is 120 Å². The number of rotatable bonds is 3. The summed E-state index contributed by atoms with van der Waals surface area (Å²) in [6, 6.07) is 3.74. The minimum atomic E-state index is -1.67. The second kappa shape index (κ2) is 6.38. The fraction of sp³-hybridized carbons (Fsp3) is 0.625. The van der Waals surface area contributed by atoms with Crippen LogP contribution >= 0.6 is 0 Å². The molecule has 0 saturated carbocycles. The summed E-state index contributed by atoms with van der Waals surface area (Å²) in [6.45, 7) is 0.663. The summed E-state index contributed by atoms with van der Waals surface area (Å²) in [6.07, 6.45) is -2.00. The third-order valence-electron chi connectivity index (χ3n) is 5.31. The minimum Gasteiger partial charge on any atom is -0.479 e. The van der Waals surface area contributed by atoms with Gasteiger partial charge in [-0.3, -0.25) is 9.47 Å². The van der Waals surface area contributed by atoms with Crippen LogP contribution in [0.2, 0.25) is 0 Å². The Labute approximate surface area is 139 Å². The van der Waals surface area contributed by atoms with E-state index in [0.29, 0.717) is 6.54 Å². The molecule has 2 saturated heterocycles. The number of nitrogens with zero attached hydrogens (tertiary/aromatic N) is 2. The van der Waals surface area contributed by atoms with Crippen LogP contribution in [0.1, 0.15) is 24.4 Å². The number of likely N-dealkylation sites (tertiary alicyclic amines) is 1. The molecule has 2 aliphatic rings. The van der Waals surface area contributed by atoms with Gasteiger partial charge in [0.1, 0.15) is 18.2 Å². The van der Waals surface area contributed by atoms with Gasteiger partial charge in [-0.25, -0.2) is 4.79 Å². The van der Waals surface area contributed by atoms with E-state index < -0.39 is 36.6 Å². The predicted octanol–water partition coefficient (Wildman–Crippen LogP) is -0.745. The van der Waals surface area contributed by atoms with Gasteiger partial charge in [0.05, 0.1) is 13.6 Å². The van der Waals surface area contributed by atoms with Crippen molar-refractivity contribution in [3.63, 3.8) is 0 Å². The number of aromatic nitrogens is 1. The molecule has 1 aromatic rings. The Balaban J connectivity index is 1.94. The van der Waals surface area contributed by atoms with Crippen molar-refractivity contribution in [3.05, 3.63) is 30.1 Å². The van der Waals surface area contributed by atoms with Gasteiger partial charge in [-0.05, 0) is 6.07 Å². The molecule has 2 fully saturated rings. The van der Waals surface area contributed by atoms with Gasteiger partial charge in [0.2, 0.25) is 6.23 Å². The number of hydrogen-bond donors (Lipinski definition) is 4. The van der Waals surface area contributed by atoms with Gasteiger partial charge < -0.3 is 25.2 Å². The molecule has 7 atom stereocenters. The lowest BCUT2D eigenvalue weighted by molar-refractivity contribution is -0.977. The second-order valence-corrected chi connectivity index (χ2v) is 6.77. The number of carboxylic acids is 1. The van der Waals surface area contributed by atoms with Gasteiger partial charge in [0, 0.05) is 30.8 Å². The molecule has 0 aliphatic carbocycles. The van der Waals surface area contributed by atoms with Gasteiger partial charge in [-0.1, -0.05) is 6.07 Å². The molecule has 7 unspecified atom stereocenters. The van der Waals surface area contributed by atoms with Gasteiger partial charge >= 0.3 is 5.97 Å². The summed E-state index contributed by atoms with van der Waals surface area (Å²) >= 11 is 0. The molecular formula is C16H23N2O6+. The van der Waals surface area contributed by atoms with E-state index in [1.807, 2.05) is 19.2 Å². The van der Waals surface area contributed by atoms with Crippen LogP contribution in [0.5, 0.6) is 0 Å². The Hall–Kier alpha value is -1.58. The number of ether oxygens (including phenoxy) is 1. The average molecular weight is 339 g/mol. The third-order valence-corrected chi connectivity index (χ3v) is 5.31. The molecule has 24 heavy (non-hydrogen) atoms. The lowest BCUT2D eigenvalue weighted by Crippen LogP contribution is -2.69. The highest BCUT2D eigenvalue weighted by molar-refractivity contribution is 5.73. The predicted molar refractivity (Wildman–Crippen MR) is 81.6 cm³/mol. The van der Waals surface area contributed by atoms with Crippen LogP contribution in [0.3, 0.4) is 0 Å². The van der Waals surface area contributed by atoms with E-state index in [1.165, 1.54) is 0 Å². The molecular weight excluding hydrogens is 316 g/mol. The zero-order valence-corrected chi connectivity index (χ0v) is 13.4. The SMILES string of the molecule is C[N+]1(C2OC(C(=O)O)C(O)C(O)C2O)CCCC1c1cccnc1. The molecule has 0 bridgehead atoms. The maximum atomic E-state index is 11.3. The van der Waals surface area contributed by atoms with Crippen LogP contribution in [-0.2, 0) is 9.53 Å². The Bertz CT molecular complexity index is 599. The first-order chi connectivity index (χ1) is 11.4. The van der Waals surface area contributed by atoms with E-state index in [9.17, 15) is 25.2 Å². The monoisotopic (exact) mass is 339 g/mol. The van der Waals surface area contributed by atoms with Crippen LogP contribution in [0.25, 0.3) is 0 Å². The van der Waals surface area contributed by atoms with Crippen LogP contribution < -0.4 is 0 Å². The van der Waals surface area contributed by atoms with E-state index in [4.69, 9.17) is 4.74 Å². The van der Waals surface area contributed by atoms with E-state index in [2.05, 4.69) is 4.98 Å². The van der Waals surface area contributed by atoms with Crippen LogP contribution in [-0.4, -0.2) is 80.1 Å². The van der Waals surface area contributed by atoms with Crippen LogP contribution in [0.15, 0.2) is 24.5 Å². The summed E-state index contributed by atoms with van der Waals surface area (Å²) in [7, 11) is 1.88. The molecule has 4 N–H and O–H groups in total. The molecule has 0 spiro atoms. The molecule has 132 valence electrons. The third kappa shape index (κ3) is 2.70. The average Bonchev–Trinajstić information content (AvgIpc) is 2.96. The highest BCUT2D eigenvalue weighted by atomic mass is 16.6. The molecule has 0 radical (unpaired) electrons. The molecule has 0 aromatic carbocycles.